The first-order valence-corrected chi connectivity index (χ1v) is 8.70. The van der Waals surface area contributed by atoms with E-state index >= 15 is 0 Å². The number of halogens is 1. The maximum atomic E-state index is 13.8. The Morgan fingerprint density at radius 3 is 3.04 bits per heavy atom. The van der Waals surface area contributed by atoms with E-state index in [4.69, 9.17) is 9.47 Å². The number of aromatic nitrogens is 1. The highest BCUT2D eigenvalue weighted by atomic mass is 19.1. The van der Waals surface area contributed by atoms with Crippen LogP contribution in [0.5, 0.6) is 5.75 Å². The molecule has 0 bridgehead atoms. The number of nitrogens with one attached hydrogen (secondary N) is 2. The van der Waals surface area contributed by atoms with Gasteiger partial charge in [0.25, 0.3) is 0 Å². The molecule has 1 aliphatic rings. The lowest BCUT2D eigenvalue weighted by atomic mass is 10.1. The van der Waals surface area contributed by atoms with Gasteiger partial charge in [-0.25, -0.2) is 9.38 Å². The molecule has 0 saturated carbocycles. The number of aliphatic imine (C=N–C) groups is 1. The van der Waals surface area contributed by atoms with Crippen molar-refractivity contribution in [3.8, 4) is 5.75 Å². The second-order valence-electron chi connectivity index (χ2n) is 5.86. The summed E-state index contributed by atoms with van der Waals surface area (Å²) in [6, 6.07) is 8.73. The summed E-state index contributed by atoms with van der Waals surface area (Å²) in [6.07, 6.45) is 2.37. The Morgan fingerprint density at radius 1 is 1.31 bits per heavy atom. The average Bonchev–Trinajstić information content (AvgIpc) is 2.66. The molecule has 0 saturated heterocycles. The van der Waals surface area contributed by atoms with Crippen LogP contribution in [0.1, 0.15) is 23.7 Å². The predicted octanol–water partition coefficient (Wildman–Crippen LogP) is 2.39. The normalized spacial score (nSPS) is 13.7. The summed E-state index contributed by atoms with van der Waals surface area (Å²) in [5, 5.41) is 6.47. The van der Waals surface area contributed by atoms with Gasteiger partial charge in [0, 0.05) is 24.8 Å². The number of nitrogens with zero attached hydrogens (tertiary/aromatic N) is 2. The van der Waals surface area contributed by atoms with E-state index in [1.807, 2.05) is 25.1 Å². The first-order chi connectivity index (χ1) is 12.8. The third kappa shape index (κ3) is 4.92. The fourth-order valence-electron chi connectivity index (χ4n) is 2.75. The van der Waals surface area contributed by atoms with Crippen LogP contribution in [0.2, 0.25) is 0 Å². The van der Waals surface area contributed by atoms with E-state index in [0.717, 1.165) is 29.1 Å². The smallest absolute Gasteiger partial charge is 0.191 e. The van der Waals surface area contributed by atoms with Crippen molar-refractivity contribution in [1.29, 1.82) is 0 Å². The summed E-state index contributed by atoms with van der Waals surface area (Å²) in [5.41, 5.74) is 2.48. The van der Waals surface area contributed by atoms with Crippen LogP contribution < -0.4 is 15.4 Å². The SMILES string of the molecule is CCNC(=NCc1ccccn1)NCCc1cc(F)cc2c1OCOC2. The molecule has 7 heteroatoms. The molecule has 2 aromatic rings. The van der Waals surface area contributed by atoms with E-state index < -0.39 is 0 Å². The Morgan fingerprint density at radius 2 is 2.23 bits per heavy atom. The molecule has 1 aromatic heterocycles. The van der Waals surface area contributed by atoms with E-state index in [2.05, 4.69) is 20.6 Å². The molecule has 0 unspecified atom stereocenters. The van der Waals surface area contributed by atoms with E-state index in [-0.39, 0.29) is 12.6 Å². The molecule has 0 radical (unpaired) electrons. The molecule has 2 N–H and O–H groups in total. The summed E-state index contributed by atoms with van der Waals surface area (Å²) in [7, 11) is 0. The van der Waals surface area contributed by atoms with Gasteiger partial charge in [-0.3, -0.25) is 4.98 Å². The zero-order valence-electron chi connectivity index (χ0n) is 14.8. The molecule has 6 nitrogen and oxygen atoms in total. The van der Waals surface area contributed by atoms with Crippen LogP contribution in [0.4, 0.5) is 4.39 Å². The molecular weight excluding hydrogens is 335 g/mol. The molecule has 0 fully saturated rings. The van der Waals surface area contributed by atoms with Gasteiger partial charge >= 0.3 is 0 Å². The van der Waals surface area contributed by atoms with Crippen LogP contribution in [0.3, 0.4) is 0 Å². The van der Waals surface area contributed by atoms with Crippen LogP contribution in [0.25, 0.3) is 0 Å². The summed E-state index contributed by atoms with van der Waals surface area (Å²) < 4.78 is 24.6. The van der Waals surface area contributed by atoms with Crippen LogP contribution in [-0.4, -0.2) is 30.8 Å². The maximum absolute atomic E-state index is 13.8. The number of hydrogen-bond acceptors (Lipinski definition) is 4. The number of benzene rings is 1. The standard InChI is InChI=1S/C19H23FN4O2/c1-2-21-19(24-11-17-5-3-4-7-22-17)23-8-6-14-9-16(20)10-15-12-25-13-26-18(14)15/h3-5,7,9-10H,2,6,8,11-13H2,1H3,(H2,21,23,24). The third-order valence-electron chi connectivity index (χ3n) is 3.91. The van der Waals surface area contributed by atoms with Gasteiger partial charge in [0.2, 0.25) is 0 Å². The predicted molar refractivity (Wildman–Crippen MR) is 97.4 cm³/mol. The number of rotatable bonds is 6. The van der Waals surface area contributed by atoms with Crippen molar-refractivity contribution in [3.05, 3.63) is 59.2 Å². The van der Waals surface area contributed by atoms with Gasteiger partial charge in [-0.2, -0.15) is 0 Å². The Labute approximate surface area is 152 Å². The zero-order chi connectivity index (χ0) is 18.2. The summed E-state index contributed by atoms with van der Waals surface area (Å²) in [4.78, 5) is 8.79. The molecule has 0 aliphatic carbocycles. The Kier molecular flexibility index (Phi) is 6.38. The average molecular weight is 358 g/mol. The quantitative estimate of drug-likeness (QED) is 0.613. The van der Waals surface area contributed by atoms with Gasteiger partial charge in [-0.05, 0) is 43.2 Å². The van der Waals surface area contributed by atoms with Crippen molar-refractivity contribution in [2.75, 3.05) is 19.9 Å². The van der Waals surface area contributed by atoms with Crippen molar-refractivity contribution in [2.45, 2.75) is 26.5 Å². The second-order valence-corrected chi connectivity index (χ2v) is 5.86. The number of guanidine groups is 1. The maximum Gasteiger partial charge on any atom is 0.191 e. The molecule has 1 aliphatic heterocycles. The fraction of sp³-hybridized carbons (Fsp3) is 0.368. The van der Waals surface area contributed by atoms with E-state index in [1.54, 1.807) is 6.20 Å². The topological polar surface area (TPSA) is 67.8 Å². The van der Waals surface area contributed by atoms with Gasteiger partial charge < -0.3 is 20.1 Å². The zero-order valence-corrected chi connectivity index (χ0v) is 14.8. The molecule has 0 spiro atoms. The number of fused-ring (bicyclic) bond motifs is 1. The molecular formula is C19H23FN4O2. The minimum Gasteiger partial charge on any atom is -0.467 e. The van der Waals surface area contributed by atoms with Crippen molar-refractivity contribution in [2.24, 2.45) is 4.99 Å². The third-order valence-corrected chi connectivity index (χ3v) is 3.91. The Hall–Kier alpha value is -2.67. The van der Waals surface area contributed by atoms with Crippen LogP contribution >= 0.6 is 0 Å². The van der Waals surface area contributed by atoms with Crippen LogP contribution in [-0.2, 0) is 24.3 Å². The fourth-order valence-corrected chi connectivity index (χ4v) is 2.75. The molecule has 0 amide bonds. The molecule has 0 atom stereocenters. The van der Waals surface area contributed by atoms with Gasteiger partial charge in [0.1, 0.15) is 11.6 Å². The Balaban J connectivity index is 1.61. The molecule has 1 aromatic carbocycles. The summed E-state index contributed by atoms with van der Waals surface area (Å²) in [6.45, 7) is 4.44. The summed E-state index contributed by atoms with van der Waals surface area (Å²) in [5.74, 6) is 1.16. The molecule has 2 heterocycles. The monoisotopic (exact) mass is 358 g/mol. The van der Waals surface area contributed by atoms with Crippen molar-refractivity contribution in [3.63, 3.8) is 0 Å². The van der Waals surface area contributed by atoms with E-state index in [0.29, 0.717) is 32.1 Å². The highest BCUT2D eigenvalue weighted by Crippen LogP contribution is 2.29. The lowest BCUT2D eigenvalue weighted by Gasteiger charge is -2.21. The van der Waals surface area contributed by atoms with Gasteiger partial charge in [0.05, 0.1) is 18.8 Å². The van der Waals surface area contributed by atoms with Crippen molar-refractivity contribution >= 4 is 5.96 Å². The highest BCUT2D eigenvalue weighted by Gasteiger charge is 2.16. The van der Waals surface area contributed by atoms with E-state index in [9.17, 15) is 4.39 Å². The van der Waals surface area contributed by atoms with Gasteiger partial charge in [-0.1, -0.05) is 6.07 Å². The number of pyridine rings is 1. The summed E-state index contributed by atoms with van der Waals surface area (Å²) >= 11 is 0. The van der Waals surface area contributed by atoms with Crippen LogP contribution in [0, 0.1) is 5.82 Å². The van der Waals surface area contributed by atoms with Crippen LogP contribution in [0.15, 0.2) is 41.5 Å². The lowest BCUT2D eigenvalue weighted by molar-refractivity contribution is -0.0172. The number of hydrogen-bond donors (Lipinski definition) is 2. The minimum atomic E-state index is -0.274. The lowest BCUT2D eigenvalue weighted by Crippen LogP contribution is -2.38. The minimum absolute atomic E-state index is 0.202. The van der Waals surface area contributed by atoms with Crippen molar-refractivity contribution < 1.29 is 13.9 Å². The van der Waals surface area contributed by atoms with Gasteiger partial charge in [-0.15, -0.1) is 0 Å². The van der Waals surface area contributed by atoms with Crippen molar-refractivity contribution in [1.82, 2.24) is 15.6 Å². The molecule has 138 valence electrons. The van der Waals surface area contributed by atoms with Gasteiger partial charge in [0.15, 0.2) is 12.8 Å². The first-order valence-electron chi connectivity index (χ1n) is 8.70. The largest absolute Gasteiger partial charge is 0.467 e. The highest BCUT2D eigenvalue weighted by molar-refractivity contribution is 5.79. The Bertz CT molecular complexity index is 753. The second kappa shape index (κ2) is 9.15. The van der Waals surface area contributed by atoms with E-state index in [1.165, 1.54) is 12.1 Å². The number of ether oxygens (including phenoxy) is 2. The first kappa shape index (κ1) is 18.1. The molecule has 3 rings (SSSR count). The molecule has 26 heavy (non-hydrogen) atoms.